The number of nitrogens with one attached hydrogen (secondary N) is 2. The molecule has 0 aromatic carbocycles. The van der Waals surface area contributed by atoms with Crippen molar-refractivity contribution in [3.05, 3.63) is 10.4 Å². The van der Waals surface area contributed by atoms with Crippen molar-refractivity contribution in [1.29, 1.82) is 0 Å². The number of aromatic amines is 1. The Bertz CT molecular complexity index is 599. The molecule has 1 atom stereocenters. The minimum absolute atomic E-state index is 0.00536. The van der Waals surface area contributed by atoms with Crippen LogP contribution in [0.4, 0.5) is 17.5 Å². The van der Waals surface area contributed by atoms with E-state index >= 15 is 0 Å². The molecular weight excluding hydrogens is 289 g/mol. The van der Waals surface area contributed by atoms with E-state index in [1.54, 1.807) is 11.8 Å². The number of hydrogen-bond donors (Lipinski definition) is 5. The third-order valence-electron chi connectivity index (χ3n) is 2.77. The zero-order valence-electron chi connectivity index (χ0n) is 10.7. The van der Waals surface area contributed by atoms with Crippen molar-refractivity contribution < 1.29 is 19.1 Å². The van der Waals surface area contributed by atoms with E-state index in [0.717, 1.165) is 0 Å². The monoisotopic (exact) mass is 305 g/mol. The average molecular weight is 305 g/mol. The predicted octanol–water partition coefficient (Wildman–Crippen LogP) is -0.918. The van der Waals surface area contributed by atoms with Gasteiger partial charge < -0.3 is 30.5 Å². The standard InChI is InChI=1S/C9H16N5O5P/c1-5(2-19-4-20(16,17)18)14-3-11-6-7(14)12-9(10)13-8(6)15/h5,11H,2-4H2,1H3,(H2,16,17,18)(H3,10,12,13,15). The molecule has 0 saturated heterocycles. The van der Waals surface area contributed by atoms with Crippen LogP contribution in [0.1, 0.15) is 6.92 Å². The van der Waals surface area contributed by atoms with Crippen LogP contribution in [0.15, 0.2) is 4.79 Å². The topological polar surface area (TPSA) is 154 Å². The third-order valence-corrected chi connectivity index (χ3v) is 3.29. The first kappa shape index (κ1) is 14.8. The summed E-state index contributed by atoms with van der Waals surface area (Å²) in [5, 5.41) is 2.89. The van der Waals surface area contributed by atoms with Crippen LogP contribution in [0.2, 0.25) is 0 Å². The van der Waals surface area contributed by atoms with Crippen molar-refractivity contribution in [1.82, 2.24) is 9.97 Å². The van der Waals surface area contributed by atoms with E-state index in [0.29, 0.717) is 18.2 Å². The lowest BCUT2D eigenvalue weighted by molar-refractivity contribution is 0.145. The van der Waals surface area contributed by atoms with Gasteiger partial charge in [-0.15, -0.1) is 0 Å². The SMILES string of the molecule is CC(COCP(=O)(O)O)N1CNc2c1nc(N)[nH]c2=O. The van der Waals surface area contributed by atoms with Crippen molar-refractivity contribution in [2.24, 2.45) is 0 Å². The van der Waals surface area contributed by atoms with Gasteiger partial charge in [-0.05, 0) is 6.92 Å². The highest BCUT2D eigenvalue weighted by Gasteiger charge is 2.28. The Morgan fingerprint density at radius 2 is 2.30 bits per heavy atom. The number of ether oxygens (including phenoxy) is 1. The van der Waals surface area contributed by atoms with Gasteiger partial charge in [0.15, 0.2) is 5.82 Å². The maximum atomic E-state index is 11.6. The number of rotatable bonds is 5. The number of hydrogen-bond acceptors (Lipinski definition) is 7. The van der Waals surface area contributed by atoms with Crippen molar-refractivity contribution in [3.8, 4) is 0 Å². The Morgan fingerprint density at radius 3 is 2.95 bits per heavy atom. The molecule has 0 spiro atoms. The normalized spacial score (nSPS) is 15.8. The number of H-pyrrole nitrogens is 1. The van der Waals surface area contributed by atoms with Crippen molar-refractivity contribution in [2.75, 3.05) is 35.6 Å². The maximum absolute atomic E-state index is 11.6. The molecule has 20 heavy (non-hydrogen) atoms. The number of nitrogens with zero attached hydrogens (tertiary/aromatic N) is 2. The fourth-order valence-corrected chi connectivity index (χ4v) is 2.22. The van der Waals surface area contributed by atoms with E-state index in [1.807, 2.05) is 0 Å². The second-order valence-corrected chi connectivity index (χ2v) is 6.06. The Morgan fingerprint density at radius 1 is 1.60 bits per heavy atom. The van der Waals surface area contributed by atoms with Gasteiger partial charge in [-0.1, -0.05) is 0 Å². The van der Waals surface area contributed by atoms with Crippen LogP contribution in [0, 0.1) is 0 Å². The summed E-state index contributed by atoms with van der Waals surface area (Å²) in [6.07, 6.45) is -0.642. The summed E-state index contributed by atoms with van der Waals surface area (Å²) >= 11 is 0. The molecule has 10 nitrogen and oxygen atoms in total. The van der Waals surface area contributed by atoms with E-state index in [4.69, 9.17) is 20.3 Å². The van der Waals surface area contributed by atoms with Gasteiger partial charge in [0.1, 0.15) is 12.0 Å². The van der Waals surface area contributed by atoms with E-state index in [9.17, 15) is 9.36 Å². The van der Waals surface area contributed by atoms with Gasteiger partial charge in [0.2, 0.25) is 5.95 Å². The molecule has 0 aliphatic carbocycles. The van der Waals surface area contributed by atoms with Crippen LogP contribution in [0.3, 0.4) is 0 Å². The number of aromatic nitrogens is 2. The van der Waals surface area contributed by atoms with Crippen molar-refractivity contribution in [2.45, 2.75) is 13.0 Å². The Labute approximate surface area is 114 Å². The van der Waals surface area contributed by atoms with Gasteiger partial charge in [0, 0.05) is 0 Å². The summed E-state index contributed by atoms with van der Waals surface area (Å²) in [6, 6.07) is -0.232. The summed E-state index contributed by atoms with van der Waals surface area (Å²) in [5.41, 5.74) is 5.45. The van der Waals surface area contributed by atoms with Gasteiger partial charge >= 0.3 is 7.60 Å². The van der Waals surface area contributed by atoms with E-state index in [2.05, 4.69) is 15.3 Å². The molecule has 1 aromatic heterocycles. The minimum atomic E-state index is -4.18. The molecule has 2 heterocycles. The average Bonchev–Trinajstić information content (AvgIpc) is 2.70. The number of anilines is 3. The van der Waals surface area contributed by atoms with E-state index in [1.165, 1.54) is 0 Å². The molecule has 1 aliphatic rings. The second-order valence-electron chi connectivity index (χ2n) is 4.47. The summed E-state index contributed by atoms with van der Waals surface area (Å²) in [7, 11) is -4.18. The Kier molecular flexibility index (Phi) is 4.00. The maximum Gasteiger partial charge on any atom is 0.350 e. The summed E-state index contributed by atoms with van der Waals surface area (Å²) in [6.45, 7) is 2.21. The smallest absolute Gasteiger partial charge is 0.350 e. The molecule has 6 N–H and O–H groups in total. The fourth-order valence-electron chi connectivity index (χ4n) is 1.88. The molecule has 1 aromatic rings. The quantitative estimate of drug-likeness (QED) is 0.434. The molecule has 1 aliphatic heterocycles. The first-order chi connectivity index (χ1) is 9.28. The molecule has 0 fully saturated rings. The van der Waals surface area contributed by atoms with Gasteiger partial charge in [0.05, 0.1) is 19.3 Å². The summed E-state index contributed by atoms with van der Waals surface area (Å²) in [5.74, 6) is 0.407. The molecule has 2 rings (SSSR count). The molecule has 0 saturated carbocycles. The Hall–Kier alpha value is -1.61. The predicted molar refractivity (Wildman–Crippen MR) is 72.6 cm³/mol. The Balaban J connectivity index is 2.06. The zero-order chi connectivity index (χ0) is 14.9. The molecule has 112 valence electrons. The van der Waals surface area contributed by atoms with Crippen LogP contribution < -0.4 is 21.5 Å². The van der Waals surface area contributed by atoms with E-state index < -0.39 is 13.9 Å². The van der Waals surface area contributed by atoms with Crippen LogP contribution in [0.25, 0.3) is 0 Å². The highest BCUT2D eigenvalue weighted by atomic mass is 31.2. The minimum Gasteiger partial charge on any atom is -0.369 e. The lowest BCUT2D eigenvalue weighted by atomic mass is 10.3. The highest BCUT2D eigenvalue weighted by Crippen LogP contribution is 2.34. The van der Waals surface area contributed by atoms with Gasteiger partial charge in [-0.2, -0.15) is 4.98 Å². The third kappa shape index (κ3) is 3.28. The van der Waals surface area contributed by atoms with Crippen LogP contribution in [0.5, 0.6) is 0 Å². The lowest BCUT2D eigenvalue weighted by Gasteiger charge is -2.25. The molecule has 0 amide bonds. The first-order valence-corrected chi connectivity index (χ1v) is 7.60. The molecular formula is C9H16N5O5P. The number of nitrogens with two attached hydrogens (primary N) is 1. The lowest BCUT2D eigenvalue weighted by Crippen LogP contribution is -2.36. The van der Waals surface area contributed by atoms with E-state index in [-0.39, 0.29) is 24.2 Å². The molecule has 0 radical (unpaired) electrons. The molecule has 1 unspecified atom stereocenters. The van der Waals surface area contributed by atoms with Gasteiger partial charge in [-0.25, -0.2) is 0 Å². The molecule has 0 bridgehead atoms. The zero-order valence-corrected chi connectivity index (χ0v) is 11.6. The van der Waals surface area contributed by atoms with Gasteiger partial charge in [-0.3, -0.25) is 14.3 Å². The van der Waals surface area contributed by atoms with Crippen LogP contribution >= 0.6 is 7.60 Å². The summed E-state index contributed by atoms with van der Waals surface area (Å²) in [4.78, 5) is 37.2. The van der Waals surface area contributed by atoms with Crippen molar-refractivity contribution in [3.63, 3.8) is 0 Å². The van der Waals surface area contributed by atoms with Crippen LogP contribution in [-0.4, -0.2) is 45.4 Å². The number of nitrogen functional groups attached to an aromatic ring is 1. The molecule has 11 heteroatoms. The van der Waals surface area contributed by atoms with Gasteiger partial charge in [0.25, 0.3) is 5.56 Å². The highest BCUT2D eigenvalue weighted by molar-refractivity contribution is 7.51. The second kappa shape index (κ2) is 5.41. The van der Waals surface area contributed by atoms with Crippen molar-refractivity contribution >= 4 is 25.0 Å². The largest absolute Gasteiger partial charge is 0.369 e. The first-order valence-electron chi connectivity index (χ1n) is 5.80. The number of fused-ring (bicyclic) bond motifs is 1. The van der Waals surface area contributed by atoms with Crippen LogP contribution in [-0.2, 0) is 9.30 Å². The fraction of sp³-hybridized carbons (Fsp3) is 0.556. The summed E-state index contributed by atoms with van der Waals surface area (Å²) < 4.78 is 15.7.